The summed E-state index contributed by atoms with van der Waals surface area (Å²) in [6, 6.07) is 0. The molecule has 1 aliphatic heterocycles. The molecular formula is C9H15N3S2. The minimum atomic E-state index is 0.828. The average Bonchev–Trinajstić information content (AvgIpc) is 2.86. The van der Waals surface area contributed by atoms with Crippen molar-refractivity contribution in [2.45, 2.75) is 24.1 Å². The van der Waals surface area contributed by atoms with Gasteiger partial charge in [0.15, 0.2) is 4.34 Å². The van der Waals surface area contributed by atoms with Gasteiger partial charge in [-0.3, -0.25) is 0 Å². The lowest BCUT2D eigenvalue weighted by atomic mass is 10.2. The molecule has 5 heteroatoms. The monoisotopic (exact) mass is 229 g/mol. The summed E-state index contributed by atoms with van der Waals surface area (Å²) in [7, 11) is 0. The van der Waals surface area contributed by atoms with E-state index in [2.05, 4.69) is 21.6 Å². The van der Waals surface area contributed by atoms with Gasteiger partial charge in [-0.2, -0.15) is 4.37 Å². The highest BCUT2D eigenvalue weighted by molar-refractivity contribution is 8.00. The zero-order valence-corrected chi connectivity index (χ0v) is 9.96. The van der Waals surface area contributed by atoms with Gasteiger partial charge < -0.3 is 5.32 Å². The smallest absolute Gasteiger partial charge is 0.170 e. The molecule has 2 rings (SSSR count). The van der Waals surface area contributed by atoms with Crippen LogP contribution in [-0.2, 0) is 6.42 Å². The van der Waals surface area contributed by atoms with Gasteiger partial charge in [0, 0.05) is 12.2 Å². The van der Waals surface area contributed by atoms with Crippen LogP contribution in [0.15, 0.2) is 4.34 Å². The zero-order chi connectivity index (χ0) is 9.80. The highest BCUT2D eigenvalue weighted by atomic mass is 32.2. The Kier molecular flexibility index (Phi) is 3.78. The molecule has 1 aromatic heterocycles. The van der Waals surface area contributed by atoms with Crippen LogP contribution in [0.4, 0.5) is 0 Å². The maximum atomic E-state index is 4.44. The van der Waals surface area contributed by atoms with Gasteiger partial charge in [0.25, 0.3) is 0 Å². The van der Waals surface area contributed by atoms with E-state index in [0.29, 0.717) is 0 Å². The Morgan fingerprint density at radius 2 is 2.57 bits per heavy atom. The molecule has 0 bridgehead atoms. The van der Waals surface area contributed by atoms with E-state index in [1.54, 1.807) is 0 Å². The minimum Gasteiger partial charge on any atom is -0.316 e. The lowest BCUT2D eigenvalue weighted by Crippen LogP contribution is -2.10. The summed E-state index contributed by atoms with van der Waals surface area (Å²) in [5, 5.41) is 3.38. The van der Waals surface area contributed by atoms with Crippen molar-refractivity contribution in [3.05, 3.63) is 5.82 Å². The van der Waals surface area contributed by atoms with E-state index in [1.165, 1.54) is 36.8 Å². The fourth-order valence-corrected chi connectivity index (χ4v) is 3.35. The number of thioether (sulfide) groups is 1. The Labute approximate surface area is 92.9 Å². The second-order valence-corrected chi connectivity index (χ2v) is 5.52. The summed E-state index contributed by atoms with van der Waals surface area (Å²) >= 11 is 3.40. The Hall–Kier alpha value is -0.130. The zero-order valence-electron chi connectivity index (χ0n) is 8.32. The average molecular weight is 229 g/mol. The van der Waals surface area contributed by atoms with E-state index in [0.717, 1.165) is 22.5 Å². The van der Waals surface area contributed by atoms with Crippen LogP contribution in [0.25, 0.3) is 0 Å². The Balaban J connectivity index is 1.79. The first kappa shape index (κ1) is 10.4. The van der Waals surface area contributed by atoms with Gasteiger partial charge in [0.2, 0.25) is 0 Å². The quantitative estimate of drug-likeness (QED) is 0.799. The van der Waals surface area contributed by atoms with Crippen LogP contribution in [0.5, 0.6) is 0 Å². The van der Waals surface area contributed by atoms with Gasteiger partial charge >= 0.3 is 0 Å². The summed E-state index contributed by atoms with van der Waals surface area (Å²) in [6.07, 6.45) is 2.26. The van der Waals surface area contributed by atoms with Crippen molar-refractivity contribution in [1.82, 2.24) is 14.7 Å². The van der Waals surface area contributed by atoms with Crippen LogP contribution < -0.4 is 5.32 Å². The molecule has 3 nitrogen and oxygen atoms in total. The first-order chi connectivity index (χ1) is 6.88. The second-order valence-electron chi connectivity index (χ2n) is 3.50. The van der Waals surface area contributed by atoms with Gasteiger partial charge in [-0.25, -0.2) is 4.98 Å². The Morgan fingerprint density at radius 1 is 1.64 bits per heavy atom. The van der Waals surface area contributed by atoms with Crippen molar-refractivity contribution in [2.75, 3.05) is 18.8 Å². The van der Waals surface area contributed by atoms with Crippen LogP contribution in [0.2, 0.25) is 0 Å². The molecule has 0 amide bonds. The lowest BCUT2D eigenvalue weighted by Gasteiger charge is -2.04. The molecule has 14 heavy (non-hydrogen) atoms. The third-order valence-electron chi connectivity index (χ3n) is 2.37. The molecule has 0 radical (unpaired) electrons. The predicted octanol–water partition coefficient (Wildman–Crippen LogP) is 1.80. The van der Waals surface area contributed by atoms with E-state index in [-0.39, 0.29) is 0 Å². The lowest BCUT2D eigenvalue weighted by molar-refractivity contribution is 0.662. The third-order valence-corrected chi connectivity index (χ3v) is 4.47. The topological polar surface area (TPSA) is 37.8 Å². The van der Waals surface area contributed by atoms with E-state index >= 15 is 0 Å². The molecule has 0 saturated carbocycles. The minimum absolute atomic E-state index is 0.828. The standard InChI is InChI=1S/C9H15N3S2/c1-2-8-11-9(14-12-8)13-6-7-3-4-10-5-7/h7,10H,2-6H2,1H3. The number of rotatable bonds is 4. The number of nitrogens with zero attached hydrogens (tertiary/aromatic N) is 2. The molecule has 1 unspecified atom stereocenters. The molecule has 1 N–H and O–H groups in total. The molecule has 1 aromatic rings. The van der Waals surface area contributed by atoms with Crippen molar-refractivity contribution >= 4 is 23.3 Å². The number of hydrogen-bond acceptors (Lipinski definition) is 5. The normalized spacial score (nSPS) is 21.6. The maximum absolute atomic E-state index is 4.44. The molecule has 1 aliphatic rings. The number of aromatic nitrogens is 2. The molecule has 0 spiro atoms. The van der Waals surface area contributed by atoms with Crippen LogP contribution >= 0.6 is 23.3 Å². The second kappa shape index (κ2) is 5.09. The number of nitrogens with one attached hydrogen (secondary N) is 1. The van der Waals surface area contributed by atoms with E-state index in [4.69, 9.17) is 0 Å². The summed E-state index contributed by atoms with van der Waals surface area (Å²) < 4.78 is 5.41. The molecule has 0 aliphatic carbocycles. The van der Waals surface area contributed by atoms with Crippen molar-refractivity contribution in [2.24, 2.45) is 5.92 Å². The van der Waals surface area contributed by atoms with Crippen molar-refractivity contribution < 1.29 is 0 Å². The highest BCUT2D eigenvalue weighted by Crippen LogP contribution is 2.24. The maximum Gasteiger partial charge on any atom is 0.170 e. The summed E-state index contributed by atoms with van der Waals surface area (Å²) in [5.41, 5.74) is 0. The van der Waals surface area contributed by atoms with Gasteiger partial charge in [-0.05, 0) is 37.0 Å². The molecular weight excluding hydrogens is 214 g/mol. The van der Waals surface area contributed by atoms with Crippen molar-refractivity contribution in [1.29, 1.82) is 0 Å². The molecule has 2 heterocycles. The van der Waals surface area contributed by atoms with E-state index < -0.39 is 0 Å². The predicted molar refractivity (Wildman–Crippen MR) is 61.0 cm³/mol. The fraction of sp³-hybridized carbons (Fsp3) is 0.778. The third kappa shape index (κ3) is 2.68. The van der Waals surface area contributed by atoms with Crippen molar-refractivity contribution in [3.8, 4) is 0 Å². The van der Waals surface area contributed by atoms with Crippen LogP contribution in [-0.4, -0.2) is 28.2 Å². The van der Waals surface area contributed by atoms with Crippen LogP contribution in [0, 0.1) is 5.92 Å². The molecule has 78 valence electrons. The molecule has 1 fully saturated rings. The summed E-state index contributed by atoms with van der Waals surface area (Å²) in [4.78, 5) is 4.44. The first-order valence-electron chi connectivity index (χ1n) is 5.04. The van der Waals surface area contributed by atoms with Crippen LogP contribution in [0.3, 0.4) is 0 Å². The summed E-state index contributed by atoms with van der Waals surface area (Å²) in [5.74, 6) is 3.00. The SMILES string of the molecule is CCc1nsc(SCC2CCNC2)n1. The summed E-state index contributed by atoms with van der Waals surface area (Å²) in [6.45, 7) is 4.45. The molecule has 1 atom stereocenters. The Morgan fingerprint density at radius 3 is 3.21 bits per heavy atom. The van der Waals surface area contributed by atoms with Gasteiger partial charge in [0.1, 0.15) is 5.82 Å². The van der Waals surface area contributed by atoms with Crippen molar-refractivity contribution in [3.63, 3.8) is 0 Å². The molecule has 0 aromatic carbocycles. The molecule has 1 saturated heterocycles. The van der Waals surface area contributed by atoms with Gasteiger partial charge in [-0.1, -0.05) is 18.7 Å². The first-order valence-corrected chi connectivity index (χ1v) is 6.80. The van der Waals surface area contributed by atoms with E-state index in [1.807, 2.05) is 11.8 Å². The number of aryl methyl sites for hydroxylation is 1. The largest absolute Gasteiger partial charge is 0.316 e. The van der Waals surface area contributed by atoms with Crippen LogP contribution in [0.1, 0.15) is 19.2 Å². The fourth-order valence-electron chi connectivity index (χ4n) is 1.49. The van der Waals surface area contributed by atoms with E-state index in [9.17, 15) is 0 Å². The van der Waals surface area contributed by atoms with Gasteiger partial charge in [-0.15, -0.1) is 0 Å². The number of hydrogen-bond donors (Lipinski definition) is 1. The Bertz CT molecular complexity index is 281. The highest BCUT2D eigenvalue weighted by Gasteiger charge is 2.15. The van der Waals surface area contributed by atoms with Gasteiger partial charge in [0.05, 0.1) is 0 Å².